The molecule has 4 aromatic rings. The monoisotopic (exact) mass is 705 g/mol. The molecule has 49 heavy (non-hydrogen) atoms. The van der Waals surface area contributed by atoms with Gasteiger partial charge in [0.1, 0.15) is 0 Å². The average molecular weight is 706 g/mol. The summed E-state index contributed by atoms with van der Waals surface area (Å²) in [6, 6.07) is 9.94. The summed E-state index contributed by atoms with van der Waals surface area (Å²) < 4.78 is 26.1. The first-order valence-electron chi connectivity index (χ1n) is 17.8. The molecule has 4 aromatic heterocycles. The van der Waals surface area contributed by atoms with Crippen molar-refractivity contribution in [3.63, 3.8) is 0 Å². The minimum absolute atomic E-state index is 0.142. The highest BCUT2D eigenvalue weighted by molar-refractivity contribution is 7.14. The normalized spacial score (nSPS) is 23.1. The number of carbonyl (C=O) groups is 2. The lowest BCUT2D eigenvalue weighted by molar-refractivity contribution is 0.0391. The molecule has 3 aliphatic carbocycles. The highest BCUT2D eigenvalue weighted by Gasteiger charge is 2.36. The number of hydrogen-bond donors (Lipinski definition) is 1. The van der Waals surface area contributed by atoms with Gasteiger partial charge < -0.3 is 10.0 Å². The number of halogens is 2. The van der Waals surface area contributed by atoms with Crippen LogP contribution in [0.5, 0.6) is 0 Å². The van der Waals surface area contributed by atoms with Crippen LogP contribution in [0.4, 0.5) is 8.78 Å². The average Bonchev–Trinajstić information content (AvgIpc) is 3.84. The van der Waals surface area contributed by atoms with Gasteiger partial charge in [-0.25, -0.2) is 14.8 Å². The third-order valence-electron chi connectivity index (χ3n) is 10.7. The fraction of sp³-hybridized carbons (Fsp3) is 0.487. The summed E-state index contributed by atoms with van der Waals surface area (Å²) in [5.74, 6) is 1.09. The molecule has 2 unspecified atom stereocenters. The van der Waals surface area contributed by atoms with E-state index in [1.807, 2.05) is 11.4 Å². The van der Waals surface area contributed by atoms with Crippen LogP contribution in [0.25, 0.3) is 20.9 Å². The Balaban J connectivity index is 0.000000141. The fourth-order valence-electron chi connectivity index (χ4n) is 8.21. The molecular weight excluding hydrogens is 661 g/mol. The van der Waals surface area contributed by atoms with E-state index in [1.54, 1.807) is 37.8 Å². The van der Waals surface area contributed by atoms with E-state index in [0.717, 1.165) is 47.2 Å². The summed E-state index contributed by atoms with van der Waals surface area (Å²) in [6.45, 7) is 0.870. The molecule has 6 nitrogen and oxygen atoms in total. The van der Waals surface area contributed by atoms with Crippen LogP contribution in [0.2, 0.25) is 0 Å². The zero-order valence-electron chi connectivity index (χ0n) is 27.9. The van der Waals surface area contributed by atoms with E-state index in [4.69, 9.17) is 5.11 Å². The third kappa shape index (κ3) is 9.19. The van der Waals surface area contributed by atoms with Gasteiger partial charge in [0.15, 0.2) is 0 Å². The summed E-state index contributed by atoms with van der Waals surface area (Å²) in [5.41, 5.74) is 2.37. The zero-order chi connectivity index (χ0) is 34.2. The van der Waals surface area contributed by atoms with E-state index in [1.165, 1.54) is 110 Å². The third-order valence-corrected chi connectivity index (χ3v) is 12.6. The molecule has 2 atom stereocenters. The van der Waals surface area contributed by atoms with Gasteiger partial charge in [0.2, 0.25) is 11.9 Å². The minimum Gasteiger partial charge on any atom is -0.478 e. The van der Waals surface area contributed by atoms with Crippen molar-refractivity contribution < 1.29 is 23.5 Å². The van der Waals surface area contributed by atoms with Crippen molar-refractivity contribution in [3.05, 3.63) is 82.6 Å². The minimum atomic E-state index is -0.980. The van der Waals surface area contributed by atoms with Crippen LogP contribution in [-0.2, 0) is 0 Å². The van der Waals surface area contributed by atoms with Crippen molar-refractivity contribution in [1.82, 2.24) is 14.9 Å². The van der Waals surface area contributed by atoms with Gasteiger partial charge in [0, 0.05) is 57.6 Å². The van der Waals surface area contributed by atoms with Crippen LogP contribution in [0.15, 0.2) is 59.6 Å². The van der Waals surface area contributed by atoms with Gasteiger partial charge in [-0.05, 0) is 78.8 Å². The van der Waals surface area contributed by atoms with Gasteiger partial charge in [0.05, 0.1) is 11.1 Å². The fourth-order valence-corrected chi connectivity index (χ4v) is 9.97. The maximum absolute atomic E-state index is 13.3. The first-order chi connectivity index (χ1) is 23.9. The largest absolute Gasteiger partial charge is 0.478 e. The maximum Gasteiger partial charge on any atom is 0.336 e. The summed E-state index contributed by atoms with van der Waals surface area (Å²) in [7, 11) is 0. The number of thiophene rings is 2. The zero-order valence-corrected chi connectivity index (χ0v) is 29.5. The molecule has 1 amide bonds. The maximum atomic E-state index is 13.3. The summed E-state index contributed by atoms with van der Waals surface area (Å²) in [5, 5.41) is 12.1. The molecule has 1 saturated heterocycles. The van der Waals surface area contributed by atoms with E-state index < -0.39 is 17.9 Å². The number of hydrogen-bond acceptors (Lipinski definition) is 6. The number of pyridine rings is 2. The Labute approximate surface area is 295 Å². The smallest absolute Gasteiger partial charge is 0.336 e. The van der Waals surface area contributed by atoms with Crippen LogP contribution in [0, 0.1) is 29.6 Å². The van der Waals surface area contributed by atoms with Gasteiger partial charge in [-0.15, -0.1) is 22.7 Å². The standard InChI is InChI=1S/C19H21FN2OS.C10H6FNO2S.C10H18/c20-18-11-14(7-8-21-18)17-10-15(12-24-17)19(23)22-9-3-5-13-4-1-2-6-16(13)22;11-9-4-6(1-2-12-9)8-3-7(5-15-8)10(13)14;1-2-6-10-8-4-3-7-9(10)5-1/h7-8,10-13,16H,1-6,9H2;1-5H,(H,13,14);9-10H,1-8H2. The van der Waals surface area contributed by atoms with Gasteiger partial charge in [0.25, 0.3) is 5.91 Å². The van der Waals surface area contributed by atoms with Crippen LogP contribution in [0.1, 0.15) is 111 Å². The molecule has 1 N–H and O–H groups in total. The molecule has 5 heterocycles. The van der Waals surface area contributed by atoms with Crippen molar-refractivity contribution in [2.75, 3.05) is 6.54 Å². The first kappa shape index (κ1) is 35.3. The molecule has 10 heteroatoms. The van der Waals surface area contributed by atoms with E-state index >= 15 is 0 Å². The summed E-state index contributed by atoms with van der Waals surface area (Å²) in [6.07, 6.45) is 22.5. The van der Waals surface area contributed by atoms with Gasteiger partial charge >= 0.3 is 5.97 Å². The number of amides is 1. The second kappa shape index (κ2) is 16.9. The highest BCUT2D eigenvalue weighted by Crippen LogP contribution is 2.40. The molecule has 4 aliphatic rings. The van der Waals surface area contributed by atoms with E-state index in [0.29, 0.717) is 22.4 Å². The van der Waals surface area contributed by atoms with Crippen LogP contribution in [0.3, 0.4) is 0 Å². The van der Waals surface area contributed by atoms with Crippen molar-refractivity contribution in [1.29, 1.82) is 0 Å². The second-order valence-electron chi connectivity index (χ2n) is 13.8. The lowest BCUT2D eigenvalue weighted by Gasteiger charge is -2.44. The molecule has 0 radical (unpaired) electrons. The Hall–Kier alpha value is -3.50. The Morgan fingerprint density at radius 1 is 0.653 bits per heavy atom. The predicted octanol–water partition coefficient (Wildman–Crippen LogP) is 10.8. The molecule has 0 spiro atoms. The predicted molar refractivity (Wildman–Crippen MR) is 192 cm³/mol. The van der Waals surface area contributed by atoms with Crippen molar-refractivity contribution in [2.24, 2.45) is 17.8 Å². The number of aromatic nitrogens is 2. The Kier molecular flexibility index (Phi) is 12.2. The van der Waals surface area contributed by atoms with Crippen molar-refractivity contribution >= 4 is 34.6 Å². The van der Waals surface area contributed by atoms with Gasteiger partial charge in [-0.2, -0.15) is 8.78 Å². The number of carbonyl (C=O) groups excluding carboxylic acids is 1. The van der Waals surface area contributed by atoms with Gasteiger partial charge in [-0.3, -0.25) is 4.79 Å². The second-order valence-corrected chi connectivity index (χ2v) is 15.6. The van der Waals surface area contributed by atoms with E-state index in [-0.39, 0.29) is 11.5 Å². The molecular formula is C39H45F2N3O3S2. The van der Waals surface area contributed by atoms with E-state index in [2.05, 4.69) is 14.9 Å². The number of carboxylic acids is 1. The Morgan fingerprint density at radius 3 is 1.63 bits per heavy atom. The number of rotatable bonds is 4. The highest BCUT2D eigenvalue weighted by atomic mass is 32.1. The van der Waals surface area contributed by atoms with Crippen molar-refractivity contribution in [2.45, 2.75) is 95.9 Å². The topological polar surface area (TPSA) is 83.4 Å². The quantitative estimate of drug-likeness (QED) is 0.214. The van der Waals surface area contributed by atoms with Crippen LogP contribution in [-0.4, -0.2) is 44.4 Å². The molecule has 3 saturated carbocycles. The Morgan fingerprint density at radius 2 is 1.12 bits per heavy atom. The molecule has 4 fully saturated rings. The van der Waals surface area contributed by atoms with Crippen LogP contribution >= 0.6 is 22.7 Å². The SMILES string of the molecule is C1CCC2CCCCC2C1.O=C(O)c1csc(-c2ccnc(F)c2)c1.O=C(c1csc(-c2ccnc(F)c2)c1)N1CCCC2CCCCC21. The lowest BCUT2D eigenvalue weighted by atomic mass is 9.71. The number of aromatic carboxylic acids is 1. The van der Waals surface area contributed by atoms with Gasteiger partial charge in [-0.1, -0.05) is 64.2 Å². The van der Waals surface area contributed by atoms with E-state index in [9.17, 15) is 18.4 Å². The molecule has 0 aromatic carbocycles. The number of fused-ring (bicyclic) bond motifs is 2. The number of piperidine rings is 1. The number of likely N-dealkylation sites (tertiary alicyclic amines) is 1. The lowest BCUT2D eigenvalue weighted by Crippen LogP contribution is -2.49. The molecule has 8 rings (SSSR count). The Bertz CT molecular complexity index is 1680. The molecule has 1 aliphatic heterocycles. The van der Waals surface area contributed by atoms with Crippen molar-refractivity contribution in [3.8, 4) is 20.9 Å². The summed E-state index contributed by atoms with van der Waals surface area (Å²) in [4.78, 5) is 34.4. The number of nitrogens with zero attached hydrogens (tertiary/aromatic N) is 3. The molecule has 260 valence electrons. The number of carboxylic acid groups (broad SMARTS) is 1. The summed E-state index contributed by atoms with van der Waals surface area (Å²) >= 11 is 2.76. The van der Waals surface area contributed by atoms with Crippen LogP contribution < -0.4 is 0 Å². The first-order valence-corrected chi connectivity index (χ1v) is 19.6. The molecule has 0 bridgehead atoms.